The van der Waals surface area contributed by atoms with Crippen LogP contribution in [0.5, 0.6) is 0 Å². The van der Waals surface area contributed by atoms with E-state index >= 15 is 0 Å². The summed E-state index contributed by atoms with van der Waals surface area (Å²) in [5.41, 5.74) is 5.06. The summed E-state index contributed by atoms with van der Waals surface area (Å²) in [6.45, 7) is 2.32. The second-order valence-corrected chi connectivity index (χ2v) is 7.43. The summed E-state index contributed by atoms with van der Waals surface area (Å²) >= 11 is 0. The van der Waals surface area contributed by atoms with Gasteiger partial charge in [-0.15, -0.1) is 0 Å². The van der Waals surface area contributed by atoms with Crippen molar-refractivity contribution in [2.75, 3.05) is 39.1 Å². The van der Waals surface area contributed by atoms with Crippen molar-refractivity contribution in [3.8, 4) is 0 Å². The molecule has 3 rings (SSSR count). The second-order valence-electron chi connectivity index (χ2n) is 7.43. The lowest BCUT2D eigenvalue weighted by Gasteiger charge is -2.33. The molecule has 0 bridgehead atoms. The van der Waals surface area contributed by atoms with E-state index in [-0.39, 0.29) is 6.04 Å². The van der Waals surface area contributed by atoms with E-state index < -0.39 is 11.8 Å². The summed E-state index contributed by atoms with van der Waals surface area (Å²) < 4.78 is 0. The monoisotopic (exact) mass is 381 g/mol. The van der Waals surface area contributed by atoms with E-state index in [0.29, 0.717) is 6.54 Å². The number of hydrogen-bond donors (Lipinski definition) is 3. The van der Waals surface area contributed by atoms with Crippen molar-refractivity contribution < 1.29 is 14.5 Å². The highest BCUT2D eigenvalue weighted by molar-refractivity contribution is 6.35. The molecule has 148 valence electrons. The summed E-state index contributed by atoms with van der Waals surface area (Å²) in [5.74, 6) is -1.20. The molecule has 2 atom stereocenters. The largest absolute Gasteiger partial charge is 0.378 e. The number of quaternary nitrogens is 1. The Morgan fingerprint density at radius 1 is 1.04 bits per heavy atom. The molecule has 2 amide bonds. The lowest BCUT2D eigenvalue weighted by Crippen LogP contribution is -3.12. The van der Waals surface area contributed by atoms with Gasteiger partial charge in [-0.1, -0.05) is 36.4 Å². The van der Waals surface area contributed by atoms with E-state index in [9.17, 15) is 9.59 Å². The Bertz CT molecular complexity index is 833. The third-order valence-corrected chi connectivity index (χ3v) is 5.46. The van der Waals surface area contributed by atoms with Crippen molar-refractivity contribution in [2.45, 2.75) is 19.0 Å². The zero-order valence-electron chi connectivity index (χ0n) is 16.8. The van der Waals surface area contributed by atoms with Crippen LogP contribution in [0.15, 0.2) is 48.5 Å². The Kier molecular flexibility index (Phi) is 6.31. The van der Waals surface area contributed by atoms with Gasteiger partial charge >= 0.3 is 11.8 Å². The Balaban J connectivity index is 1.82. The normalized spacial score (nSPS) is 16.6. The third kappa shape index (κ3) is 4.51. The molecule has 2 aromatic rings. The minimum Gasteiger partial charge on any atom is -0.378 e. The zero-order valence-corrected chi connectivity index (χ0v) is 16.8. The molecule has 1 aliphatic rings. The van der Waals surface area contributed by atoms with Crippen molar-refractivity contribution in [1.82, 2.24) is 10.6 Å². The van der Waals surface area contributed by atoms with Gasteiger partial charge in [0.15, 0.2) is 0 Å². The minimum atomic E-state index is -0.610. The van der Waals surface area contributed by atoms with Crippen LogP contribution in [0, 0.1) is 0 Å². The number of nitrogens with zero attached hydrogens (tertiary/aromatic N) is 1. The van der Waals surface area contributed by atoms with Crippen LogP contribution in [0.3, 0.4) is 0 Å². The molecule has 28 heavy (non-hydrogen) atoms. The minimum absolute atomic E-state index is 0.0816. The highest BCUT2D eigenvalue weighted by Gasteiger charge is 2.29. The molecule has 1 unspecified atom stereocenters. The molecule has 2 aromatic carbocycles. The Labute approximate surface area is 166 Å². The van der Waals surface area contributed by atoms with Gasteiger partial charge in [-0.25, -0.2) is 0 Å². The van der Waals surface area contributed by atoms with Crippen LogP contribution in [0.1, 0.15) is 22.7 Å². The van der Waals surface area contributed by atoms with Gasteiger partial charge in [0.05, 0.1) is 13.1 Å². The van der Waals surface area contributed by atoms with Crippen LogP contribution in [0.25, 0.3) is 0 Å². The number of carbonyl (C=O) groups excluding carboxylic acids is 2. The number of anilines is 1. The number of likely N-dealkylation sites (N-methyl/N-ethyl adjacent to an activating group) is 1. The van der Waals surface area contributed by atoms with Gasteiger partial charge < -0.3 is 20.4 Å². The van der Waals surface area contributed by atoms with E-state index in [1.54, 1.807) is 0 Å². The molecule has 6 nitrogen and oxygen atoms in total. The van der Waals surface area contributed by atoms with Crippen LogP contribution >= 0.6 is 0 Å². The number of fused-ring (bicyclic) bond motifs is 1. The number of rotatable bonds is 5. The van der Waals surface area contributed by atoms with Crippen molar-refractivity contribution in [3.05, 3.63) is 65.2 Å². The second kappa shape index (κ2) is 8.89. The molecular weight excluding hydrogens is 352 g/mol. The molecule has 0 aliphatic carbocycles. The topological polar surface area (TPSA) is 65.9 Å². The standard InChI is InChI=1S/C22H28N4O2/c1-23-21(27)22(28)24-14-20(17-8-10-19(11-9-17)25(2)3)26-13-12-16-6-4-5-7-18(16)15-26/h4-11,20H,12-15H2,1-3H3,(H,23,27)(H,24,28)/p+1/t20-/m1/s1. The summed E-state index contributed by atoms with van der Waals surface area (Å²) in [5, 5.41) is 5.19. The number of carbonyl (C=O) groups is 2. The molecule has 6 heteroatoms. The molecule has 0 radical (unpaired) electrons. The maximum Gasteiger partial charge on any atom is 0.309 e. The molecule has 0 fully saturated rings. The number of nitrogens with one attached hydrogen (secondary N) is 3. The quantitative estimate of drug-likeness (QED) is 0.653. The van der Waals surface area contributed by atoms with Crippen molar-refractivity contribution >= 4 is 17.5 Å². The molecular formula is C22H29N4O2+. The van der Waals surface area contributed by atoms with Crippen LogP contribution in [0.4, 0.5) is 5.69 Å². The van der Waals surface area contributed by atoms with Gasteiger partial charge in [0.1, 0.15) is 12.6 Å². The third-order valence-electron chi connectivity index (χ3n) is 5.46. The average Bonchev–Trinajstić information content (AvgIpc) is 2.73. The van der Waals surface area contributed by atoms with Gasteiger partial charge in [-0.05, 0) is 17.7 Å². The fraction of sp³-hybridized carbons (Fsp3) is 0.364. The maximum absolute atomic E-state index is 12.0. The highest BCUT2D eigenvalue weighted by atomic mass is 16.2. The molecule has 0 spiro atoms. The first kappa shape index (κ1) is 19.9. The van der Waals surface area contributed by atoms with Crippen LogP contribution < -0.4 is 20.4 Å². The van der Waals surface area contributed by atoms with Crippen molar-refractivity contribution in [3.63, 3.8) is 0 Å². The lowest BCUT2D eigenvalue weighted by molar-refractivity contribution is -0.945. The average molecular weight is 382 g/mol. The van der Waals surface area contributed by atoms with E-state index in [1.165, 1.54) is 23.1 Å². The van der Waals surface area contributed by atoms with Gasteiger partial charge in [-0.3, -0.25) is 9.59 Å². The predicted octanol–water partition coefficient (Wildman–Crippen LogP) is 0.297. The van der Waals surface area contributed by atoms with E-state index in [0.717, 1.165) is 30.8 Å². The summed E-state index contributed by atoms with van der Waals surface area (Å²) in [4.78, 5) is 27.0. The molecule has 0 saturated carbocycles. The van der Waals surface area contributed by atoms with Crippen LogP contribution in [-0.2, 0) is 22.6 Å². The molecule has 1 aliphatic heterocycles. The first-order chi connectivity index (χ1) is 13.5. The van der Waals surface area contributed by atoms with E-state index in [2.05, 4.69) is 64.1 Å². The Morgan fingerprint density at radius 2 is 1.71 bits per heavy atom. The van der Waals surface area contributed by atoms with Gasteiger partial charge in [-0.2, -0.15) is 0 Å². The van der Waals surface area contributed by atoms with Crippen molar-refractivity contribution in [1.29, 1.82) is 0 Å². The fourth-order valence-electron chi connectivity index (χ4n) is 3.79. The predicted molar refractivity (Wildman–Crippen MR) is 110 cm³/mol. The Morgan fingerprint density at radius 3 is 2.36 bits per heavy atom. The Hall–Kier alpha value is -2.86. The summed E-state index contributed by atoms with van der Waals surface area (Å²) in [6.07, 6.45) is 1.02. The van der Waals surface area contributed by atoms with Gasteiger partial charge in [0.2, 0.25) is 0 Å². The molecule has 0 saturated heterocycles. The smallest absolute Gasteiger partial charge is 0.309 e. The molecule has 0 aromatic heterocycles. The number of benzene rings is 2. The van der Waals surface area contributed by atoms with Crippen molar-refractivity contribution in [2.24, 2.45) is 0 Å². The van der Waals surface area contributed by atoms with E-state index in [4.69, 9.17) is 0 Å². The fourth-order valence-corrected chi connectivity index (χ4v) is 3.79. The number of amides is 2. The molecule has 3 N–H and O–H groups in total. The van der Waals surface area contributed by atoms with Crippen LogP contribution in [0.2, 0.25) is 0 Å². The first-order valence-electron chi connectivity index (χ1n) is 9.68. The zero-order chi connectivity index (χ0) is 20.1. The van der Waals surface area contributed by atoms with Crippen LogP contribution in [-0.4, -0.2) is 46.0 Å². The maximum atomic E-state index is 12.0. The first-order valence-corrected chi connectivity index (χ1v) is 9.68. The van der Waals surface area contributed by atoms with Gasteiger partial charge in [0, 0.05) is 44.4 Å². The summed E-state index contributed by atoms with van der Waals surface area (Å²) in [7, 11) is 5.50. The summed E-state index contributed by atoms with van der Waals surface area (Å²) in [6, 6.07) is 17.1. The molecule has 1 heterocycles. The lowest BCUT2D eigenvalue weighted by atomic mass is 9.96. The van der Waals surface area contributed by atoms with Gasteiger partial charge in [0.25, 0.3) is 0 Å². The SMILES string of the molecule is CNC(=O)C(=O)NC[C@H](c1ccc(N(C)C)cc1)[NH+]1CCc2ccccc2C1. The number of hydrogen-bond acceptors (Lipinski definition) is 3. The van der Waals surface area contributed by atoms with E-state index in [1.807, 2.05) is 14.1 Å². The highest BCUT2D eigenvalue weighted by Crippen LogP contribution is 2.18.